The van der Waals surface area contributed by atoms with E-state index in [-0.39, 0.29) is 5.48 Å². The molecule has 38 valence electrons. The first-order chi connectivity index (χ1) is 2.41. The highest BCUT2D eigenvalue weighted by Crippen LogP contribution is 1.87. The van der Waals surface area contributed by atoms with E-state index in [2.05, 4.69) is 13.8 Å². The van der Waals surface area contributed by atoms with Gasteiger partial charge < -0.3 is 0 Å². The summed E-state index contributed by atoms with van der Waals surface area (Å²) in [6.07, 6.45) is 3.65. The second-order valence-corrected chi connectivity index (χ2v) is 1.21. The fraction of sp³-hybridized carbons (Fsp3) is 0.800. The predicted octanol–water partition coefficient (Wildman–Crippen LogP) is 1.83. The van der Waals surface area contributed by atoms with Crippen LogP contribution in [0, 0.1) is 6.92 Å². The Kier molecular flexibility index (Phi) is 13.8. The minimum absolute atomic E-state index is 0. The van der Waals surface area contributed by atoms with Crippen molar-refractivity contribution in [3.8, 4) is 0 Å². The zero-order valence-corrected chi connectivity index (χ0v) is 4.28. The topological polar surface area (TPSA) is 30.0 Å². The Morgan fingerprint density at radius 2 is 2.00 bits per heavy atom. The summed E-state index contributed by atoms with van der Waals surface area (Å²) in [4.78, 5) is 0. The molecule has 0 saturated heterocycles. The van der Waals surface area contributed by atoms with Crippen LogP contribution in [0.5, 0.6) is 0 Å². The van der Waals surface area contributed by atoms with Crippen molar-refractivity contribution in [2.24, 2.45) is 0 Å². The van der Waals surface area contributed by atoms with Crippen molar-refractivity contribution >= 4 is 0 Å². The molecular formula is C5H12O. The molecule has 0 atom stereocenters. The quantitative estimate of drug-likeness (QED) is 0.533. The SMILES string of the molecule is [CH2]CCCC.[OH]. The van der Waals surface area contributed by atoms with Gasteiger partial charge in [-0.1, -0.05) is 33.1 Å². The molecule has 0 unspecified atom stereocenters. The first-order valence-corrected chi connectivity index (χ1v) is 2.21. The molecule has 0 saturated carbocycles. The van der Waals surface area contributed by atoms with Crippen LogP contribution in [0.2, 0.25) is 0 Å². The first kappa shape index (κ1) is 9.35. The number of hydrogen-bond acceptors (Lipinski definition) is 0. The predicted molar refractivity (Wildman–Crippen MR) is 26.8 cm³/mol. The second kappa shape index (κ2) is 8.88. The third kappa shape index (κ3) is 9.03. The van der Waals surface area contributed by atoms with Crippen molar-refractivity contribution < 1.29 is 5.48 Å². The van der Waals surface area contributed by atoms with Crippen LogP contribution >= 0.6 is 0 Å². The van der Waals surface area contributed by atoms with Gasteiger partial charge in [0.1, 0.15) is 0 Å². The van der Waals surface area contributed by atoms with Crippen LogP contribution in [0.25, 0.3) is 0 Å². The highest BCUT2D eigenvalue weighted by Gasteiger charge is 1.68. The molecule has 0 rings (SSSR count). The van der Waals surface area contributed by atoms with Crippen LogP contribution in [0.3, 0.4) is 0 Å². The highest BCUT2D eigenvalue weighted by molar-refractivity contribution is 4.35. The van der Waals surface area contributed by atoms with Crippen LogP contribution in [-0.2, 0) is 0 Å². The molecule has 0 amide bonds. The van der Waals surface area contributed by atoms with Crippen LogP contribution < -0.4 is 0 Å². The maximum atomic E-state index is 3.68. The van der Waals surface area contributed by atoms with Crippen molar-refractivity contribution in [1.29, 1.82) is 0 Å². The molecule has 2 radical (unpaired) electrons. The van der Waals surface area contributed by atoms with E-state index >= 15 is 0 Å². The molecule has 0 aliphatic heterocycles. The van der Waals surface area contributed by atoms with E-state index in [1.807, 2.05) is 0 Å². The zero-order chi connectivity index (χ0) is 4.12. The summed E-state index contributed by atoms with van der Waals surface area (Å²) >= 11 is 0. The van der Waals surface area contributed by atoms with Gasteiger partial charge in [-0.3, -0.25) is 5.48 Å². The van der Waals surface area contributed by atoms with Gasteiger partial charge in [0.05, 0.1) is 0 Å². The Balaban J connectivity index is 0. The van der Waals surface area contributed by atoms with E-state index in [1.165, 1.54) is 12.8 Å². The van der Waals surface area contributed by atoms with E-state index in [0.29, 0.717) is 0 Å². The summed E-state index contributed by atoms with van der Waals surface area (Å²) in [6.45, 7) is 5.85. The van der Waals surface area contributed by atoms with Gasteiger partial charge in [-0.05, 0) is 0 Å². The number of hydrogen-bond donors (Lipinski definition) is 1. The van der Waals surface area contributed by atoms with Gasteiger partial charge >= 0.3 is 0 Å². The molecule has 0 heterocycles. The van der Waals surface area contributed by atoms with Gasteiger partial charge in [-0.15, -0.1) is 0 Å². The van der Waals surface area contributed by atoms with Gasteiger partial charge in [-0.25, -0.2) is 0 Å². The average Bonchev–Trinajstić information content (AvgIpc) is 1.41. The van der Waals surface area contributed by atoms with Gasteiger partial charge in [0.15, 0.2) is 0 Å². The molecule has 1 nitrogen and oxygen atoms in total. The standard InChI is InChI=1S/C5H11.HO/c1-3-5-4-2;/h1,3-5H2,2H3;1H. The third-order valence-corrected chi connectivity index (χ3v) is 0.604. The molecule has 6 heavy (non-hydrogen) atoms. The van der Waals surface area contributed by atoms with E-state index in [1.54, 1.807) is 0 Å². The molecule has 0 aromatic rings. The minimum atomic E-state index is 0. The summed E-state index contributed by atoms with van der Waals surface area (Å²) in [5.74, 6) is 0. The average molecular weight is 88.1 g/mol. The summed E-state index contributed by atoms with van der Waals surface area (Å²) in [7, 11) is 0. The fourth-order valence-electron chi connectivity index (χ4n) is 0.250. The third-order valence-electron chi connectivity index (χ3n) is 0.604. The zero-order valence-electron chi connectivity index (χ0n) is 4.28. The van der Waals surface area contributed by atoms with Gasteiger partial charge in [0, 0.05) is 0 Å². The van der Waals surface area contributed by atoms with Crippen LogP contribution in [0.15, 0.2) is 0 Å². The van der Waals surface area contributed by atoms with Crippen molar-refractivity contribution in [2.75, 3.05) is 0 Å². The molecular weight excluding hydrogens is 76.1 g/mol. The monoisotopic (exact) mass is 88.1 g/mol. The smallest absolute Gasteiger partial charge is 0.0533 e. The molecule has 0 fully saturated rings. The Morgan fingerprint density at radius 1 is 1.50 bits per heavy atom. The molecule has 1 N–H and O–H groups in total. The maximum absolute atomic E-state index is 3.68. The Morgan fingerprint density at radius 3 is 2.00 bits per heavy atom. The Hall–Kier alpha value is -0.0400. The molecule has 0 bridgehead atoms. The Labute approximate surface area is 39.7 Å². The van der Waals surface area contributed by atoms with E-state index in [0.717, 1.165) is 6.42 Å². The summed E-state index contributed by atoms with van der Waals surface area (Å²) in [5.41, 5.74) is 0. The van der Waals surface area contributed by atoms with Crippen molar-refractivity contribution in [2.45, 2.75) is 26.2 Å². The summed E-state index contributed by atoms with van der Waals surface area (Å²) < 4.78 is 0. The first-order valence-electron chi connectivity index (χ1n) is 2.21. The van der Waals surface area contributed by atoms with Crippen molar-refractivity contribution in [3.05, 3.63) is 6.92 Å². The van der Waals surface area contributed by atoms with E-state index in [4.69, 9.17) is 0 Å². The summed E-state index contributed by atoms with van der Waals surface area (Å²) in [6, 6.07) is 0. The van der Waals surface area contributed by atoms with Crippen LogP contribution in [0.4, 0.5) is 0 Å². The van der Waals surface area contributed by atoms with Gasteiger partial charge in [0.25, 0.3) is 0 Å². The second-order valence-electron chi connectivity index (χ2n) is 1.21. The van der Waals surface area contributed by atoms with Crippen LogP contribution in [-0.4, -0.2) is 5.48 Å². The molecule has 0 spiro atoms. The molecule has 0 aromatic heterocycles. The van der Waals surface area contributed by atoms with Crippen molar-refractivity contribution in [3.63, 3.8) is 0 Å². The molecule has 0 aliphatic carbocycles. The molecule has 0 aromatic carbocycles. The highest BCUT2D eigenvalue weighted by atomic mass is 16.0. The maximum Gasteiger partial charge on any atom is -0.0533 e. The lowest BCUT2D eigenvalue weighted by Crippen LogP contribution is -1.59. The number of rotatable bonds is 2. The Bertz CT molecular complexity index is 11.4. The van der Waals surface area contributed by atoms with Gasteiger partial charge in [-0.2, -0.15) is 0 Å². The van der Waals surface area contributed by atoms with Crippen molar-refractivity contribution in [1.82, 2.24) is 0 Å². The lowest BCUT2D eigenvalue weighted by molar-refractivity contribution is 0.813. The lowest BCUT2D eigenvalue weighted by atomic mass is 10.3. The van der Waals surface area contributed by atoms with Crippen LogP contribution in [0.1, 0.15) is 26.2 Å². The molecule has 0 aliphatic rings. The largest absolute Gasteiger partial charge is 0.255 e. The van der Waals surface area contributed by atoms with Gasteiger partial charge in [0.2, 0.25) is 0 Å². The summed E-state index contributed by atoms with van der Waals surface area (Å²) in [5, 5.41) is 0. The normalized spacial score (nSPS) is 7.00. The fourth-order valence-corrected chi connectivity index (χ4v) is 0.250. The minimum Gasteiger partial charge on any atom is -0.255 e. The molecule has 1 heteroatoms. The van der Waals surface area contributed by atoms with E-state index in [9.17, 15) is 0 Å². The van der Waals surface area contributed by atoms with E-state index < -0.39 is 0 Å². The lowest BCUT2D eigenvalue weighted by Gasteiger charge is -1.79. The number of unbranched alkanes of at least 4 members (excludes halogenated alkanes) is 2.